The zero-order valence-electron chi connectivity index (χ0n) is 9.65. The Labute approximate surface area is 96.3 Å². The summed E-state index contributed by atoms with van der Waals surface area (Å²) >= 11 is 0. The summed E-state index contributed by atoms with van der Waals surface area (Å²) in [7, 11) is 0. The van der Waals surface area contributed by atoms with Crippen LogP contribution in [-0.4, -0.2) is 55.7 Å². The minimum atomic E-state index is -0.253. The van der Waals surface area contributed by atoms with Gasteiger partial charge in [-0.25, -0.2) is 0 Å². The van der Waals surface area contributed by atoms with Gasteiger partial charge in [-0.3, -0.25) is 9.69 Å². The van der Waals surface area contributed by atoms with Crippen molar-refractivity contribution in [2.45, 2.75) is 31.4 Å². The van der Waals surface area contributed by atoms with Gasteiger partial charge in [0.15, 0.2) is 0 Å². The number of morpholine rings is 1. The molecule has 92 valence electrons. The van der Waals surface area contributed by atoms with E-state index >= 15 is 0 Å². The number of carbonyl (C=O) groups is 1. The third-order valence-corrected chi connectivity index (χ3v) is 3.38. The van der Waals surface area contributed by atoms with Gasteiger partial charge in [0.2, 0.25) is 5.91 Å². The smallest absolute Gasteiger partial charge is 0.218 e. The third kappa shape index (κ3) is 3.17. The molecule has 2 saturated heterocycles. The maximum absolute atomic E-state index is 10.5. The zero-order valence-corrected chi connectivity index (χ0v) is 9.65. The Morgan fingerprint density at radius 2 is 2.44 bits per heavy atom. The van der Waals surface area contributed by atoms with Crippen LogP contribution >= 0.6 is 0 Å². The lowest BCUT2D eigenvalue weighted by atomic mass is 10.2. The van der Waals surface area contributed by atoms with Crippen LogP contribution in [-0.2, 0) is 9.53 Å². The quantitative estimate of drug-likeness (QED) is 0.610. The molecule has 2 atom stereocenters. The van der Waals surface area contributed by atoms with E-state index in [9.17, 15) is 4.79 Å². The minimum absolute atomic E-state index is 0.253. The lowest BCUT2D eigenvalue weighted by Crippen LogP contribution is -2.49. The standard InChI is InChI=1S/C11H21N3O2/c12-11(15)3-4-13-6-10-7-14-5-1-2-9(14)8-16-10/h9-10,13H,1-8H2,(H2,12,15). The van der Waals surface area contributed by atoms with Crippen molar-refractivity contribution in [2.75, 3.05) is 32.8 Å². The Morgan fingerprint density at radius 1 is 1.56 bits per heavy atom. The topological polar surface area (TPSA) is 67.6 Å². The number of hydrogen-bond acceptors (Lipinski definition) is 4. The van der Waals surface area contributed by atoms with Crippen molar-refractivity contribution in [1.82, 2.24) is 10.2 Å². The molecule has 3 N–H and O–H groups in total. The van der Waals surface area contributed by atoms with E-state index in [-0.39, 0.29) is 12.0 Å². The average Bonchev–Trinajstić information content (AvgIpc) is 2.71. The van der Waals surface area contributed by atoms with Crippen molar-refractivity contribution in [3.8, 4) is 0 Å². The summed E-state index contributed by atoms with van der Waals surface area (Å²) in [5, 5.41) is 3.21. The fraction of sp³-hybridized carbons (Fsp3) is 0.909. The molecule has 1 amide bonds. The molecule has 2 fully saturated rings. The first kappa shape index (κ1) is 11.8. The second-order valence-corrected chi connectivity index (χ2v) is 4.67. The molecule has 2 unspecified atom stereocenters. The first-order chi connectivity index (χ1) is 7.75. The van der Waals surface area contributed by atoms with E-state index in [2.05, 4.69) is 10.2 Å². The van der Waals surface area contributed by atoms with Crippen molar-refractivity contribution in [3.63, 3.8) is 0 Å². The summed E-state index contributed by atoms with van der Waals surface area (Å²) in [5.41, 5.74) is 5.06. The first-order valence-electron chi connectivity index (χ1n) is 6.10. The summed E-state index contributed by atoms with van der Waals surface area (Å²) in [6.45, 7) is 4.57. The number of rotatable bonds is 5. The van der Waals surface area contributed by atoms with Crippen molar-refractivity contribution >= 4 is 5.91 Å². The molecule has 0 aromatic heterocycles. The Kier molecular flexibility index (Phi) is 4.15. The van der Waals surface area contributed by atoms with Gasteiger partial charge in [0, 0.05) is 32.1 Å². The molecule has 2 heterocycles. The van der Waals surface area contributed by atoms with E-state index in [0.717, 1.165) is 19.7 Å². The molecule has 0 aromatic rings. The molecule has 0 aromatic carbocycles. The number of nitrogens with two attached hydrogens (primary N) is 1. The molecular formula is C11H21N3O2. The van der Waals surface area contributed by atoms with Gasteiger partial charge in [-0.2, -0.15) is 0 Å². The summed E-state index contributed by atoms with van der Waals surface area (Å²) in [5.74, 6) is -0.253. The molecule has 16 heavy (non-hydrogen) atoms. The SMILES string of the molecule is NC(=O)CCNCC1CN2CCCC2CO1. The van der Waals surface area contributed by atoms with E-state index in [1.807, 2.05) is 0 Å². The van der Waals surface area contributed by atoms with Gasteiger partial charge in [-0.15, -0.1) is 0 Å². The molecule has 2 aliphatic heterocycles. The van der Waals surface area contributed by atoms with Crippen molar-refractivity contribution < 1.29 is 9.53 Å². The van der Waals surface area contributed by atoms with E-state index in [4.69, 9.17) is 10.5 Å². The molecular weight excluding hydrogens is 206 g/mol. The van der Waals surface area contributed by atoms with Crippen LogP contribution in [0.15, 0.2) is 0 Å². The lowest BCUT2D eigenvalue weighted by Gasteiger charge is -2.35. The van der Waals surface area contributed by atoms with Gasteiger partial charge in [0.25, 0.3) is 0 Å². The van der Waals surface area contributed by atoms with Crippen LogP contribution in [0.25, 0.3) is 0 Å². The maximum atomic E-state index is 10.5. The highest BCUT2D eigenvalue weighted by Gasteiger charge is 2.31. The fourth-order valence-corrected chi connectivity index (χ4v) is 2.48. The van der Waals surface area contributed by atoms with Gasteiger partial charge in [-0.05, 0) is 19.4 Å². The van der Waals surface area contributed by atoms with E-state index < -0.39 is 0 Å². The second kappa shape index (κ2) is 5.61. The number of carbonyl (C=O) groups excluding carboxylic acids is 1. The number of hydrogen-bond donors (Lipinski definition) is 2. The number of amides is 1. The summed E-state index contributed by atoms with van der Waals surface area (Å²) in [6, 6.07) is 0.655. The third-order valence-electron chi connectivity index (χ3n) is 3.38. The van der Waals surface area contributed by atoms with Crippen LogP contribution < -0.4 is 11.1 Å². The average molecular weight is 227 g/mol. The van der Waals surface area contributed by atoms with Gasteiger partial charge < -0.3 is 15.8 Å². The Hall–Kier alpha value is -0.650. The maximum Gasteiger partial charge on any atom is 0.218 e. The number of ether oxygens (including phenoxy) is 1. The van der Waals surface area contributed by atoms with E-state index in [1.54, 1.807) is 0 Å². The largest absolute Gasteiger partial charge is 0.374 e. The second-order valence-electron chi connectivity index (χ2n) is 4.67. The van der Waals surface area contributed by atoms with Gasteiger partial charge >= 0.3 is 0 Å². The molecule has 2 aliphatic rings. The highest BCUT2D eigenvalue weighted by atomic mass is 16.5. The summed E-state index contributed by atoms with van der Waals surface area (Å²) < 4.78 is 5.78. The Bertz CT molecular complexity index is 247. The molecule has 0 spiro atoms. The number of nitrogens with zero attached hydrogens (tertiary/aromatic N) is 1. The highest BCUT2D eigenvalue weighted by molar-refractivity contribution is 5.73. The van der Waals surface area contributed by atoms with Gasteiger partial charge in [0.05, 0.1) is 12.7 Å². The molecule has 5 nitrogen and oxygen atoms in total. The normalized spacial score (nSPS) is 30.2. The van der Waals surface area contributed by atoms with Crippen LogP contribution in [0.2, 0.25) is 0 Å². The number of primary amides is 1. The predicted octanol–water partition coefficient (Wildman–Crippen LogP) is -0.685. The minimum Gasteiger partial charge on any atom is -0.374 e. The van der Waals surface area contributed by atoms with Crippen molar-refractivity contribution in [2.24, 2.45) is 5.73 Å². The molecule has 5 heteroatoms. The van der Waals surface area contributed by atoms with E-state index in [1.165, 1.54) is 19.4 Å². The zero-order chi connectivity index (χ0) is 11.4. The molecule has 0 saturated carbocycles. The van der Waals surface area contributed by atoms with E-state index in [0.29, 0.717) is 19.0 Å². The molecule has 0 radical (unpaired) electrons. The summed E-state index contributed by atoms with van der Waals surface area (Å²) in [6.07, 6.45) is 3.25. The summed E-state index contributed by atoms with van der Waals surface area (Å²) in [4.78, 5) is 13.1. The van der Waals surface area contributed by atoms with Crippen LogP contribution in [0.4, 0.5) is 0 Å². The Morgan fingerprint density at radius 3 is 3.25 bits per heavy atom. The van der Waals surface area contributed by atoms with Crippen LogP contribution in [0, 0.1) is 0 Å². The predicted molar refractivity (Wildman–Crippen MR) is 61.0 cm³/mol. The van der Waals surface area contributed by atoms with Crippen LogP contribution in [0.5, 0.6) is 0 Å². The Balaban J connectivity index is 1.62. The van der Waals surface area contributed by atoms with Crippen LogP contribution in [0.1, 0.15) is 19.3 Å². The van der Waals surface area contributed by atoms with Crippen molar-refractivity contribution in [3.05, 3.63) is 0 Å². The molecule has 0 bridgehead atoms. The first-order valence-corrected chi connectivity index (χ1v) is 6.10. The molecule has 0 aliphatic carbocycles. The fourth-order valence-electron chi connectivity index (χ4n) is 2.48. The number of nitrogens with one attached hydrogen (secondary N) is 1. The molecule has 2 rings (SSSR count). The van der Waals surface area contributed by atoms with Gasteiger partial charge in [0.1, 0.15) is 0 Å². The number of fused-ring (bicyclic) bond motifs is 1. The van der Waals surface area contributed by atoms with Gasteiger partial charge in [-0.1, -0.05) is 0 Å². The van der Waals surface area contributed by atoms with Crippen LogP contribution in [0.3, 0.4) is 0 Å². The lowest BCUT2D eigenvalue weighted by molar-refractivity contribution is -0.118. The highest BCUT2D eigenvalue weighted by Crippen LogP contribution is 2.22. The van der Waals surface area contributed by atoms with Crippen molar-refractivity contribution in [1.29, 1.82) is 0 Å². The monoisotopic (exact) mass is 227 g/mol.